The monoisotopic (exact) mass is 330 g/mol. The average Bonchev–Trinajstić information content (AvgIpc) is 2.41. The molecule has 0 fully saturated rings. The molecule has 0 aliphatic carbocycles. The fraction of sp³-hybridized carbons (Fsp3) is 0.294. The maximum Gasteiger partial charge on any atom is 0.0449 e. The van der Waals surface area contributed by atoms with Gasteiger partial charge in [-0.15, -0.1) is 0 Å². The lowest BCUT2D eigenvalue weighted by atomic mass is 9.99. The number of fused-ring (bicyclic) bond motifs is 1. The normalized spacial score (nSPS) is 14.2. The van der Waals surface area contributed by atoms with Crippen molar-refractivity contribution in [1.29, 1.82) is 0 Å². The Bertz CT molecular complexity index is 637. The molecule has 3 heteroatoms. The van der Waals surface area contributed by atoms with Crippen LogP contribution in [-0.4, -0.2) is 6.54 Å². The van der Waals surface area contributed by atoms with E-state index in [1.54, 1.807) is 0 Å². The molecule has 0 radical (unpaired) electrons. The third-order valence-electron chi connectivity index (χ3n) is 3.92. The van der Waals surface area contributed by atoms with E-state index in [-0.39, 0.29) is 0 Å². The number of hydrogen-bond donors (Lipinski definition) is 1. The Kier molecular flexibility index (Phi) is 3.70. The Morgan fingerprint density at radius 3 is 2.85 bits per heavy atom. The number of anilines is 2. The molecule has 0 saturated heterocycles. The molecule has 0 spiro atoms. The van der Waals surface area contributed by atoms with Gasteiger partial charge in [0.2, 0.25) is 0 Å². The minimum absolute atomic E-state index is 0.860. The van der Waals surface area contributed by atoms with Crippen molar-refractivity contribution in [2.45, 2.75) is 26.3 Å². The number of aryl methyl sites for hydroxylation is 2. The van der Waals surface area contributed by atoms with Gasteiger partial charge in [0.05, 0.1) is 0 Å². The minimum atomic E-state index is 0.860. The van der Waals surface area contributed by atoms with Gasteiger partial charge < -0.3 is 10.6 Å². The van der Waals surface area contributed by atoms with Gasteiger partial charge in [-0.1, -0.05) is 39.7 Å². The molecule has 1 aliphatic rings. The molecule has 20 heavy (non-hydrogen) atoms. The van der Waals surface area contributed by atoms with E-state index >= 15 is 0 Å². The first kappa shape index (κ1) is 13.5. The number of benzene rings is 2. The smallest absolute Gasteiger partial charge is 0.0449 e. The molecule has 0 bridgehead atoms. The molecule has 2 aromatic rings. The summed E-state index contributed by atoms with van der Waals surface area (Å²) in [7, 11) is 0. The van der Waals surface area contributed by atoms with Gasteiger partial charge >= 0.3 is 0 Å². The molecule has 2 N–H and O–H groups in total. The minimum Gasteiger partial charge on any atom is -0.398 e. The summed E-state index contributed by atoms with van der Waals surface area (Å²) in [4.78, 5) is 2.44. The van der Waals surface area contributed by atoms with Crippen molar-refractivity contribution in [3.63, 3.8) is 0 Å². The summed E-state index contributed by atoms with van der Waals surface area (Å²) >= 11 is 3.46. The lowest BCUT2D eigenvalue weighted by Gasteiger charge is -2.32. The Hall–Kier alpha value is -1.48. The number of hydrogen-bond acceptors (Lipinski definition) is 2. The molecule has 0 amide bonds. The zero-order valence-corrected chi connectivity index (χ0v) is 13.3. The van der Waals surface area contributed by atoms with E-state index in [0.717, 1.165) is 23.2 Å². The Balaban J connectivity index is 1.89. The molecule has 1 aliphatic heterocycles. The van der Waals surface area contributed by atoms with Crippen LogP contribution in [0.25, 0.3) is 0 Å². The first-order chi connectivity index (χ1) is 9.63. The Morgan fingerprint density at radius 1 is 1.20 bits per heavy atom. The van der Waals surface area contributed by atoms with Crippen LogP contribution in [0.2, 0.25) is 0 Å². The van der Waals surface area contributed by atoms with Crippen LogP contribution in [0.1, 0.15) is 23.1 Å². The van der Waals surface area contributed by atoms with Crippen molar-refractivity contribution in [3.8, 4) is 0 Å². The highest BCUT2D eigenvalue weighted by molar-refractivity contribution is 9.10. The van der Waals surface area contributed by atoms with Crippen LogP contribution in [0.3, 0.4) is 0 Å². The third kappa shape index (κ3) is 2.68. The fourth-order valence-electron chi connectivity index (χ4n) is 2.88. The van der Waals surface area contributed by atoms with Crippen LogP contribution in [-0.2, 0) is 13.0 Å². The molecule has 0 atom stereocenters. The maximum atomic E-state index is 6.13. The maximum absolute atomic E-state index is 6.13. The second kappa shape index (κ2) is 5.49. The highest BCUT2D eigenvalue weighted by atomic mass is 79.9. The van der Waals surface area contributed by atoms with E-state index in [0.29, 0.717) is 0 Å². The standard InChI is InChI=1S/C17H19BrN2/c1-12-4-7-17-13(9-12)3-2-8-20(17)11-14-5-6-15(18)10-16(14)19/h4-7,9-10H,2-3,8,11,19H2,1H3. The molecule has 2 aromatic carbocycles. The molecule has 0 unspecified atom stereocenters. The van der Waals surface area contributed by atoms with Gasteiger partial charge in [0, 0.05) is 28.9 Å². The van der Waals surface area contributed by atoms with E-state index in [2.05, 4.69) is 58.1 Å². The number of nitrogens with zero attached hydrogens (tertiary/aromatic N) is 1. The lowest BCUT2D eigenvalue weighted by molar-refractivity contribution is 0.691. The van der Waals surface area contributed by atoms with E-state index in [1.807, 2.05) is 6.07 Å². The molecule has 0 aromatic heterocycles. The van der Waals surface area contributed by atoms with E-state index in [4.69, 9.17) is 5.73 Å². The van der Waals surface area contributed by atoms with Crippen LogP contribution in [0.15, 0.2) is 40.9 Å². The number of nitrogens with two attached hydrogens (primary N) is 1. The van der Waals surface area contributed by atoms with Gasteiger partial charge in [-0.05, 0) is 49.1 Å². The molecule has 3 rings (SSSR count). The summed E-state index contributed by atoms with van der Waals surface area (Å²) in [5, 5.41) is 0. The molecule has 1 heterocycles. The van der Waals surface area contributed by atoms with Crippen molar-refractivity contribution in [3.05, 3.63) is 57.6 Å². The van der Waals surface area contributed by atoms with Crippen LogP contribution < -0.4 is 10.6 Å². The second-order valence-corrected chi connectivity index (χ2v) is 6.42. The Labute approximate surface area is 128 Å². The highest BCUT2D eigenvalue weighted by Gasteiger charge is 2.17. The summed E-state index contributed by atoms with van der Waals surface area (Å²) in [6, 6.07) is 12.9. The predicted octanol–water partition coefficient (Wildman–Crippen LogP) is 4.29. The number of rotatable bonds is 2. The fourth-order valence-corrected chi connectivity index (χ4v) is 3.26. The van der Waals surface area contributed by atoms with Crippen molar-refractivity contribution in [2.75, 3.05) is 17.2 Å². The zero-order valence-electron chi connectivity index (χ0n) is 11.7. The van der Waals surface area contributed by atoms with Crippen molar-refractivity contribution < 1.29 is 0 Å². The van der Waals surface area contributed by atoms with Gasteiger partial charge in [-0.25, -0.2) is 0 Å². The number of nitrogen functional groups attached to an aromatic ring is 1. The van der Waals surface area contributed by atoms with Crippen LogP contribution in [0, 0.1) is 6.92 Å². The van der Waals surface area contributed by atoms with Crippen molar-refractivity contribution in [1.82, 2.24) is 0 Å². The van der Waals surface area contributed by atoms with Crippen LogP contribution in [0.4, 0.5) is 11.4 Å². The molecular formula is C17H19BrN2. The van der Waals surface area contributed by atoms with Gasteiger partial charge in [0.25, 0.3) is 0 Å². The largest absolute Gasteiger partial charge is 0.398 e. The van der Waals surface area contributed by atoms with E-state index in [1.165, 1.54) is 35.2 Å². The van der Waals surface area contributed by atoms with Gasteiger partial charge in [0.15, 0.2) is 0 Å². The molecule has 0 saturated carbocycles. The Morgan fingerprint density at radius 2 is 2.05 bits per heavy atom. The SMILES string of the molecule is Cc1ccc2c(c1)CCCN2Cc1ccc(Br)cc1N. The summed E-state index contributed by atoms with van der Waals surface area (Å²) in [6.45, 7) is 4.15. The summed E-state index contributed by atoms with van der Waals surface area (Å²) in [5.74, 6) is 0. The van der Waals surface area contributed by atoms with Crippen LogP contribution >= 0.6 is 15.9 Å². The van der Waals surface area contributed by atoms with E-state index < -0.39 is 0 Å². The average molecular weight is 331 g/mol. The second-order valence-electron chi connectivity index (χ2n) is 5.50. The molecular weight excluding hydrogens is 312 g/mol. The first-order valence-electron chi connectivity index (χ1n) is 7.02. The van der Waals surface area contributed by atoms with E-state index in [9.17, 15) is 0 Å². The zero-order chi connectivity index (χ0) is 14.1. The topological polar surface area (TPSA) is 29.3 Å². The van der Waals surface area contributed by atoms with Gasteiger partial charge in [-0.2, -0.15) is 0 Å². The highest BCUT2D eigenvalue weighted by Crippen LogP contribution is 2.30. The molecule has 104 valence electrons. The quantitative estimate of drug-likeness (QED) is 0.832. The van der Waals surface area contributed by atoms with Gasteiger partial charge in [0.1, 0.15) is 0 Å². The van der Waals surface area contributed by atoms with Crippen molar-refractivity contribution >= 4 is 27.3 Å². The first-order valence-corrected chi connectivity index (χ1v) is 7.81. The number of halogens is 1. The van der Waals surface area contributed by atoms with Crippen molar-refractivity contribution in [2.24, 2.45) is 0 Å². The lowest BCUT2D eigenvalue weighted by Crippen LogP contribution is -2.29. The summed E-state index contributed by atoms with van der Waals surface area (Å²) in [5.41, 5.74) is 12.4. The molecule has 2 nitrogen and oxygen atoms in total. The predicted molar refractivity (Wildman–Crippen MR) is 89.1 cm³/mol. The summed E-state index contributed by atoms with van der Waals surface area (Å²) in [6.07, 6.45) is 2.40. The third-order valence-corrected chi connectivity index (χ3v) is 4.41. The van der Waals surface area contributed by atoms with Gasteiger partial charge in [-0.3, -0.25) is 0 Å². The summed E-state index contributed by atoms with van der Waals surface area (Å²) < 4.78 is 1.04. The van der Waals surface area contributed by atoms with Crippen LogP contribution in [0.5, 0.6) is 0 Å².